The predicted molar refractivity (Wildman–Crippen MR) is 138 cm³/mol. The highest BCUT2D eigenvalue weighted by Gasteiger charge is 2.73. The highest BCUT2D eigenvalue weighted by molar-refractivity contribution is 6.74. The van der Waals surface area contributed by atoms with Crippen molar-refractivity contribution in [1.29, 1.82) is 0 Å². The summed E-state index contributed by atoms with van der Waals surface area (Å²) < 4.78 is 9.00. The zero-order chi connectivity index (χ0) is 25.2. The van der Waals surface area contributed by atoms with Crippen LogP contribution in [0.25, 0.3) is 11.2 Å². The standard InChI is InChI=1S/C26H35N5O3Si/c1-7-17-18-13-26(18,21(20(17)32)34-35(5,6)25(2,3)4)31-15-29-19-22(27-14-28-23(19)31)30-24(33)16-11-9-8-10-12-16/h8-12,14-15,17-18,20-21,32H,7,13H2,1-6H3,(H,27,28,30,33)/t17-,18-,20+,21?,26-/m0/s1. The van der Waals surface area contributed by atoms with Crippen LogP contribution in [-0.4, -0.2) is 51.1 Å². The number of carbonyl (C=O) groups excluding carboxylic acids is 1. The first-order valence-corrected chi connectivity index (χ1v) is 15.3. The summed E-state index contributed by atoms with van der Waals surface area (Å²) in [5.41, 5.74) is 1.35. The third-order valence-electron chi connectivity index (χ3n) is 8.54. The number of nitrogens with one attached hydrogen (secondary N) is 1. The fraction of sp³-hybridized carbons (Fsp3) is 0.538. The molecule has 0 saturated heterocycles. The number of anilines is 1. The van der Waals surface area contributed by atoms with E-state index in [9.17, 15) is 9.90 Å². The minimum absolute atomic E-state index is 0.0245. The Morgan fingerprint density at radius 1 is 1.23 bits per heavy atom. The van der Waals surface area contributed by atoms with Gasteiger partial charge in [0.25, 0.3) is 5.91 Å². The maximum Gasteiger partial charge on any atom is 0.256 e. The van der Waals surface area contributed by atoms with Crippen molar-refractivity contribution in [2.24, 2.45) is 11.8 Å². The maximum absolute atomic E-state index is 12.8. The van der Waals surface area contributed by atoms with Crippen molar-refractivity contribution in [3.8, 4) is 0 Å². The van der Waals surface area contributed by atoms with Crippen molar-refractivity contribution in [2.45, 2.75) is 76.4 Å². The molecule has 2 fully saturated rings. The van der Waals surface area contributed by atoms with Gasteiger partial charge >= 0.3 is 0 Å². The zero-order valence-electron chi connectivity index (χ0n) is 21.3. The van der Waals surface area contributed by atoms with Gasteiger partial charge in [0.1, 0.15) is 6.33 Å². The van der Waals surface area contributed by atoms with Gasteiger partial charge in [-0.25, -0.2) is 15.0 Å². The van der Waals surface area contributed by atoms with Gasteiger partial charge in [0.2, 0.25) is 0 Å². The van der Waals surface area contributed by atoms with Crippen molar-refractivity contribution in [3.63, 3.8) is 0 Å². The zero-order valence-corrected chi connectivity index (χ0v) is 22.3. The average Bonchev–Trinajstić information content (AvgIpc) is 3.29. The molecule has 1 amide bonds. The van der Waals surface area contributed by atoms with E-state index in [1.807, 2.05) is 18.2 Å². The van der Waals surface area contributed by atoms with Crippen LogP contribution in [-0.2, 0) is 9.96 Å². The molecule has 1 unspecified atom stereocenters. The topological polar surface area (TPSA) is 102 Å². The molecule has 0 bridgehead atoms. The Kier molecular flexibility index (Phi) is 5.65. The van der Waals surface area contributed by atoms with Crippen LogP contribution in [0.3, 0.4) is 0 Å². The first-order valence-electron chi connectivity index (χ1n) is 12.4. The third-order valence-corrected chi connectivity index (χ3v) is 13.0. The Morgan fingerprint density at radius 3 is 2.60 bits per heavy atom. The molecule has 0 aliphatic heterocycles. The number of rotatable bonds is 6. The summed E-state index contributed by atoms with van der Waals surface area (Å²) in [7, 11) is -2.15. The van der Waals surface area contributed by atoms with E-state index in [0.717, 1.165) is 12.8 Å². The molecule has 2 saturated carbocycles. The lowest BCUT2D eigenvalue weighted by atomic mass is 9.97. The Labute approximate surface area is 207 Å². The fourth-order valence-corrected chi connectivity index (χ4v) is 6.84. The first-order chi connectivity index (χ1) is 16.5. The summed E-state index contributed by atoms with van der Waals surface area (Å²) in [5.74, 6) is 0.598. The van der Waals surface area contributed by atoms with Gasteiger partial charge in [-0.1, -0.05) is 52.3 Å². The molecule has 2 aliphatic rings. The Bertz CT molecular complexity index is 1250. The summed E-state index contributed by atoms with van der Waals surface area (Å²) >= 11 is 0. The monoisotopic (exact) mass is 493 g/mol. The highest BCUT2D eigenvalue weighted by atomic mass is 28.4. The van der Waals surface area contributed by atoms with Gasteiger partial charge in [0.05, 0.1) is 24.1 Å². The molecular formula is C26H35N5O3Si. The third kappa shape index (κ3) is 3.71. The van der Waals surface area contributed by atoms with Crippen LogP contribution >= 0.6 is 0 Å². The molecular weight excluding hydrogens is 458 g/mol. The average molecular weight is 494 g/mol. The SMILES string of the molecule is CC[C@@H]1[C@@H](O)C(O[Si](C)(C)C(C)(C)C)[C@]2(n3cnc4c(NC(=O)c5ccccc5)ncnc43)C[C@@H]12. The molecule has 2 heterocycles. The number of benzene rings is 1. The lowest BCUT2D eigenvalue weighted by molar-refractivity contribution is -0.00994. The van der Waals surface area contributed by atoms with E-state index < -0.39 is 14.4 Å². The van der Waals surface area contributed by atoms with Crippen LogP contribution in [0, 0.1) is 11.8 Å². The van der Waals surface area contributed by atoms with E-state index in [1.54, 1.807) is 18.5 Å². The fourth-order valence-electron chi connectivity index (χ4n) is 5.51. The number of fused-ring (bicyclic) bond motifs is 2. The number of hydrogen-bond donors (Lipinski definition) is 2. The van der Waals surface area contributed by atoms with E-state index in [2.05, 4.69) is 65.6 Å². The van der Waals surface area contributed by atoms with E-state index in [1.165, 1.54) is 6.33 Å². The molecule has 0 spiro atoms. The molecule has 2 N–H and O–H groups in total. The smallest absolute Gasteiger partial charge is 0.256 e. The highest BCUT2D eigenvalue weighted by Crippen LogP contribution is 2.67. The number of amides is 1. The second-order valence-corrected chi connectivity index (χ2v) is 16.2. The van der Waals surface area contributed by atoms with Gasteiger partial charge in [0, 0.05) is 5.56 Å². The van der Waals surface area contributed by atoms with E-state index in [-0.39, 0.29) is 28.5 Å². The number of nitrogens with zero attached hydrogens (tertiary/aromatic N) is 4. The second kappa shape index (κ2) is 8.21. The number of aromatic nitrogens is 4. The summed E-state index contributed by atoms with van der Waals surface area (Å²) in [6.07, 6.45) is 4.19. The van der Waals surface area contributed by atoms with Crippen molar-refractivity contribution < 1.29 is 14.3 Å². The van der Waals surface area contributed by atoms with Crippen LogP contribution in [0.1, 0.15) is 50.9 Å². The van der Waals surface area contributed by atoms with Gasteiger partial charge < -0.3 is 19.4 Å². The van der Waals surface area contributed by atoms with Gasteiger partial charge in [-0.05, 0) is 48.5 Å². The number of imidazole rings is 1. The van der Waals surface area contributed by atoms with Crippen molar-refractivity contribution in [3.05, 3.63) is 48.5 Å². The van der Waals surface area contributed by atoms with Crippen LogP contribution in [0.4, 0.5) is 5.82 Å². The van der Waals surface area contributed by atoms with Gasteiger partial charge in [0.15, 0.2) is 25.3 Å². The summed E-state index contributed by atoms with van der Waals surface area (Å²) in [5, 5.41) is 14.3. The number of aliphatic hydroxyl groups is 1. The molecule has 35 heavy (non-hydrogen) atoms. The van der Waals surface area contributed by atoms with E-state index in [0.29, 0.717) is 28.5 Å². The minimum Gasteiger partial charge on any atom is -0.409 e. The van der Waals surface area contributed by atoms with Crippen LogP contribution in [0.15, 0.2) is 43.0 Å². The van der Waals surface area contributed by atoms with Gasteiger partial charge in [-0.15, -0.1) is 0 Å². The van der Waals surface area contributed by atoms with Crippen LogP contribution in [0.5, 0.6) is 0 Å². The minimum atomic E-state index is -2.15. The van der Waals surface area contributed by atoms with Gasteiger partial charge in [-0.2, -0.15) is 0 Å². The molecule has 0 radical (unpaired) electrons. The molecule has 8 nitrogen and oxygen atoms in total. The molecule has 9 heteroatoms. The molecule has 2 aliphatic carbocycles. The normalized spacial score (nSPS) is 28.2. The summed E-state index contributed by atoms with van der Waals surface area (Å²) in [6.45, 7) is 13.3. The molecule has 3 aromatic rings. The van der Waals surface area contributed by atoms with E-state index in [4.69, 9.17) is 4.43 Å². The quantitative estimate of drug-likeness (QED) is 0.487. The van der Waals surface area contributed by atoms with Crippen molar-refractivity contribution >= 4 is 31.2 Å². The lowest BCUT2D eigenvalue weighted by Gasteiger charge is -2.42. The van der Waals surface area contributed by atoms with Gasteiger partial charge in [-0.3, -0.25) is 4.79 Å². The van der Waals surface area contributed by atoms with Crippen LogP contribution < -0.4 is 5.32 Å². The van der Waals surface area contributed by atoms with Crippen molar-refractivity contribution in [1.82, 2.24) is 19.5 Å². The Balaban J connectivity index is 1.53. The van der Waals surface area contributed by atoms with E-state index >= 15 is 0 Å². The molecule has 5 rings (SSSR count). The number of carbonyl (C=O) groups is 1. The lowest BCUT2D eigenvalue weighted by Crippen LogP contribution is -2.51. The molecule has 1 aromatic carbocycles. The number of aliphatic hydroxyl groups excluding tert-OH is 1. The Hall–Kier alpha value is -2.62. The maximum atomic E-state index is 12.8. The first kappa shape index (κ1) is 24.1. The summed E-state index contributed by atoms with van der Waals surface area (Å²) in [6, 6.07) is 9.03. The second-order valence-electron chi connectivity index (χ2n) is 11.5. The Morgan fingerprint density at radius 2 is 1.94 bits per heavy atom. The van der Waals surface area contributed by atoms with Crippen LogP contribution in [0.2, 0.25) is 18.1 Å². The molecule has 2 aromatic heterocycles. The summed E-state index contributed by atoms with van der Waals surface area (Å²) in [4.78, 5) is 26.3. The largest absolute Gasteiger partial charge is 0.409 e. The predicted octanol–water partition coefficient (Wildman–Crippen LogP) is 4.58. The van der Waals surface area contributed by atoms with Crippen molar-refractivity contribution in [2.75, 3.05) is 5.32 Å². The number of hydrogen-bond acceptors (Lipinski definition) is 6. The molecule has 5 atom stereocenters. The molecule has 186 valence electrons.